The summed E-state index contributed by atoms with van der Waals surface area (Å²) in [6.45, 7) is 1.69. The summed E-state index contributed by atoms with van der Waals surface area (Å²) in [5, 5.41) is 8.96. The highest BCUT2D eigenvalue weighted by atomic mass is 19.4. The standard InChI is InChI=1S/C17H13F3N4O2/c1-10-7-15(24-26-10)23-16(25)11-5-6-14(21-9-11)22-13-4-2-3-12(8-13)17(18,19)20/h2-9H,1H3,(H,21,22)(H,23,24,25). The molecule has 0 atom stereocenters. The van der Waals surface area contributed by atoms with Crippen molar-refractivity contribution >= 4 is 23.2 Å². The van der Waals surface area contributed by atoms with E-state index in [-0.39, 0.29) is 17.1 Å². The molecule has 1 amide bonds. The quantitative estimate of drug-likeness (QED) is 0.719. The number of rotatable bonds is 4. The van der Waals surface area contributed by atoms with Crippen molar-refractivity contribution in [3.8, 4) is 0 Å². The molecule has 9 heteroatoms. The summed E-state index contributed by atoms with van der Waals surface area (Å²) in [6, 6.07) is 9.30. The molecule has 0 unspecified atom stereocenters. The average Bonchev–Trinajstić information content (AvgIpc) is 3.00. The van der Waals surface area contributed by atoms with Crippen molar-refractivity contribution in [3.05, 3.63) is 65.5 Å². The van der Waals surface area contributed by atoms with Gasteiger partial charge < -0.3 is 15.2 Å². The molecule has 3 aromatic rings. The molecule has 134 valence electrons. The highest BCUT2D eigenvalue weighted by Crippen LogP contribution is 2.31. The molecule has 1 aromatic carbocycles. The highest BCUT2D eigenvalue weighted by Gasteiger charge is 2.30. The smallest absolute Gasteiger partial charge is 0.360 e. The van der Waals surface area contributed by atoms with E-state index in [1.54, 1.807) is 13.0 Å². The van der Waals surface area contributed by atoms with Crippen LogP contribution in [0.25, 0.3) is 0 Å². The van der Waals surface area contributed by atoms with E-state index in [2.05, 4.69) is 20.8 Å². The maximum absolute atomic E-state index is 12.7. The summed E-state index contributed by atoms with van der Waals surface area (Å²) in [4.78, 5) is 16.1. The number of aromatic nitrogens is 2. The van der Waals surface area contributed by atoms with Crippen LogP contribution in [-0.2, 0) is 6.18 Å². The van der Waals surface area contributed by atoms with Gasteiger partial charge in [0.2, 0.25) is 0 Å². The van der Waals surface area contributed by atoms with Crippen molar-refractivity contribution in [3.63, 3.8) is 0 Å². The third-order valence-corrected chi connectivity index (χ3v) is 3.36. The molecule has 0 radical (unpaired) electrons. The Labute approximate surface area is 146 Å². The number of benzene rings is 1. The van der Waals surface area contributed by atoms with Gasteiger partial charge >= 0.3 is 6.18 Å². The van der Waals surface area contributed by atoms with Gasteiger partial charge in [-0.15, -0.1) is 0 Å². The molecule has 0 aliphatic carbocycles. The van der Waals surface area contributed by atoms with Crippen LogP contribution < -0.4 is 10.6 Å². The summed E-state index contributed by atoms with van der Waals surface area (Å²) >= 11 is 0. The number of hydrogen-bond donors (Lipinski definition) is 2. The van der Waals surface area contributed by atoms with Gasteiger partial charge in [0.15, 0.2) is 5.82 Å². The lowest BCUT2D eigenvalue weighted by Gasteiger charge is -2.10. The maximum atomic E-state index is 12.7. The number of pyridine rings is 1. The monoisotopic (exact) mass is 362 g/mol. The first-order valence-electron chi connectivity index (χ1n) is 7.46. The minimum Gasteiger partial charge on any atom is -0.360 e. The second kappa shape index (κ2) is 6.87. The number of halogens is 3. The molecule has 0 bridgehead atoms. The first-order chi connectivity index (χ1) is 12.3. The van der Waals surface area contributed by atoms with Crippen LogP contribution in [0.15, 0.2) is 53.2 Å². The van der Waals surface area contributed by atoms with Gasteiger partial charge in [-0.05, 0) is 37.3 Å². The molecule has 0 saturated carbocycles. The van der Waals surface area contributed by atoms with E-state index in [0.29, 0.717) is 11.6 Å². The number of alkyl halides is 3. The molecule has 2 aromatic heterocycles. The van der Waals surface area contributed by atoms with Gasteiger partial charge in [-0.1, -0.05) is 11.2 Å². The van der Waals surface area contributed by atoms with Crippen molar-refractivity contribution in [2.75, 3.05) is 10.6 Å². The molecule has 0 aliphatic heterocycles. The van der Waals surface area contributed by atoms with Crippen molar-refractivity contribution in [1.82, 2.24) is 10.1 Å². The van der Waals surface area contributed by atoms with Crippen molar-refractivity contribution < 1.29 is 22.5 Å². The zero-order chi connectivity index (χ0) is 18.7. The van der Waals surface area contributed by atoms with Crippen LogP contribution in [0, 0.1) is 6.92 Å². The molecule has 26 heavy (non-hydrogen) atoms. The lowest BCUT2D eigenvalue weighted by atomic mass is 10.2. The Hall–Kier alpha value is -3.36. The van der Waals surface area contributed by atoms with E-state index in [0.717, 1.165) is 12.1 Å². The van der Waals surface area contributed by atoms with Crippen molar-refractivity contribution in [2.45, 2.75) is 13.1 Å². The minimum absolute atomic E-state index is 0.239. The number of carbonyl (C=O) groups excluding carboxylic acids is 1. The van der Waals surface area contributed by atoms with Gasteiger partial charge in [0.25, 0.3) is 5.91 Å². The lowest BCUT2D eigenvalue weighted by molar-refractivity contribution is -0.137. The Balaban J connectivity index is 1.69. The number of amides is 1. The van der Waals surface area contributed by atoms with Crippen LogP contribution in [0.3, 0.4) is 0 Å². The van der Waals surface area contributed by atoms with Gasteiger partial charge in [0.1, 0.15) is 11.6 Å². The second-order valence-electron chi connectivity index (χ2n) is 5.41. The molecule has 3 rings (SSSR count). The largest absolute Gasteiger partial charge is 0.416 e. The molecule has 0 spiro atoms. The Morgan fingerprint density at radius 2 is 1.92 bits per heavy atom. The van der Waals surface area contributed by atoms with Crippen LogP contribution in [0.1, 0.15) is 21.7 Å². The number of aryl methyl sites for hydroxylation is 1. The number of anilines is 3. The average molecular weight is 362 g/mol. The first kappa shape index (κ1) is 17.5. The predicted molar refractivity (Wildman–Crippen MR) is 88.2 cm³/mol. The van der Waals surface area contributed by atoms with E-state index in [4.69, 9.17) is 4.52 Å². The Morgan fingerprint density at radius 1 is 1.12 bits per heavy atom. The highest BCUT2D eigenvalue weighted by molar-refractivity contribution is 6.03. The van der Waals surface area contributed by atoms with Crippen LogP contribution in [-0.4, -0.2) is 16.0 Å². The summed E-state index contributed by atoms with van der Waals surface area (Å²) in [5.74, 6) is 0.701. The molecule has 2 N–H and O–H groups in total. The summed E-state index contributed by atoms with van der Waals surface area (Å²) < 4.78 is 43.0. The SMILES string of the molecule is Cc1cc(NC(=O)c2ccc(Nc3cccc(C(F)(F)F)c3)nc2)no1. The minimum atomic E-state index is -4.42. The fourth-order valence-corrected chi connectivity index (χ4v) is 2.14. The molecule has 6 nitrogen and oxygen atoms in total. The summed E-state index contributed by atoms with van der Waals surface area (Å²) in [6.07, 6.45) is -3.12. The number of carbonyl (C=O) groups is 1. The Bertz CT molecular complexity index is 920. The molecule has 0 saturated heterocycles. The van der Waals surface area contributed by atoms with E-state index >= 15 is 0 Å². The number of nitrogens with one attached hydrogen (secondary N) is 2. The van der Waals surface area contributed by atoms with E-state index in [1.807, 2.05) is 0 Å². The van der Waals surface area contributed by atoms with Gasteiger partial charge in [0.05, 0.1) is 11.1 Å². The third-order valence-electron chi connectivity index (χ3n) is 3.36. The lowest BCUT2D eigenvalue weighted by Crippen LogP contribution is -2.12. The van der Waals surface area contributed by atoms with E-state index in [9.17, 15) is 18.0 Å². The maximum Gasteiger partial charge on any atom is 0.416 e. The number of hydrogen-bond acceptors (Lipinski definition) is 5. The fourth-order valence-electron chi connectivity index (χ4n) is 2.14. The zero-order valence-electron chi connectivity index (χ0n) is 13.5. The molecular formula is C17H13F3N4O2. The molecular weight excluding hydrogens is 349 g/mol. The van der Waals surface area contributed by atoms with E-state index in [1.165, 1.54) is 30.5 Å². The van der Waals surface area contributed by atoms with Crippen molar-refractivity contribution in [1.29, 1.82) is 0 Å². The summed E-state index contributed by atoms with van der Waals surface area (Å²) in [7, 11) is 0. The van der Waals surface area contributed by atoms with Crippen LogP contribution in [0.2, 0.25) is 0 Å². The molecule has 0 aliphatic rings. The van der Waals surface area contributed by atoms with Crippen LogP contribution in [0.5, 0.6) is 0 Å². The Kier molecular flexibility index (Phi) is 4.61. The first-order valence-corrected chi connectivity index (χ1v) is 7.46. The second-order valence-corrected chi connectivity index (χ2v) is 5.41. The van der Waals surface area contributed by atoms with E-state index < -0.39 is 17.6 Å². The normalized spacial score (nSPS) is 11.2. The fraction of sp³-hybridized carbons (Fsp3) is 0.118. The van der Waals surface area contributed by atoms with Gasteiger partial charge in [-0.3, -0.25) is 4.79 Å². The Morgan fingerprint density at radius 3 is 2.54 bits per heavy atom. The van der Waals surface area contributed by atoms with Crippen LogP contribution >= 0.6 is 0 Å². The van der Waals surface area contributed by atoms with Gasteiger partial charge in [-0.25, -0.2) is 4.98 Å². The third kappa shape index (κ3) is 4.18. The van der Waals surface area contributed by atoms with Crippen LogP contribution in [0.4, 0.5) is 30.5 Å². The molecule has 0 fully saturated rings. The topological polar surface area (TPSA) is 80.0 Å². The predicted octanol–water partition coefficient (Wildman–Crippen LogP) is 4.39. The van der Waals surface area contributed by atoms with Gasteiger partial charge in [-0.2, -0.15) is 13.2 Å². The molecule has 2 heterocycles. The summed E-state index contributed by atoms with van der Waals surface area (Å²) in [5.41, 5.74) is -0.260. The van der Waals surface area contributed by atoms with Crippen molar-refractivity contribution in [2.24, 2.45) is 0 Å². The van der Waals surface area contributed by atoms with Gasteiger partial charge in [0, 0.05) is 18.0 Å². The number of nitrogens with zero attached hydrogens (tertiary/aromatic N) is 2. The zero-order valence-corrected chi connectivity index (χ0v) is 13.5.